The summed E-state index contributed by atoms with van der Waals surface area (Å²) < 4.78 is 0. The molecule has 0 unspecified atom stereocenters. The molecular weight excluding hydrogens is 218 g/mol. The van der Waals surface area contributed by atoms with Crippen LogP contribution in [0.2, 0.25) is 0 Å². The molecule has 1 heterocycles. The molecule has 1 saturated heterocycles. The van der Waals surface area contributed by atoms with Crippen LogP contribution in [0.1, 0.15) is 33.1 Å². The van der Waals surface area contributed by atoms with Crippen molar-refractivity contribution in [1.29, 1.82) is 0 Å². The standard InChI is InChI=1S/C12H25N3S/c1-10(2)14-12(16)13-7-4-11-5-8-15(3)9-6-11/h10-11H,4-9H2,1-3H3,(H2,13,14,16). The Kier molecular flexibility index (Phi) is 6.06. The van der Waals surface area contributed by atoms with Gasteiger partial charge < -0.3 is 15.5 Å². The molecule has 94 valence electrons. The van der Waals surface area contributed by atoms with Crippen LogP contribution in [-0.4, -0.2) is 42.7 Å². The van der Waals surface area contributed by atoms with Gasteiger partial charge in [-0.05, 0) is 71.4 Å². The summed E-state index contributed by atoms with van der Waals surface area (Å²) in [6, 6.07) is 0.420. The number of piperidine rings is 1. The van der Waals surface area contributed by atoms with Crippen LogP contribution < -0.4 is 10.6 Å². The molecular formula is C12H25N3S. The van der Waals surface area contributed by atoms with E-state index in [-0.39, 0.29) is 0 Å². The van der Waals surface area contributed by atoms with Crippen molar-refractivity contribution in [3.8, 4) is 0 Å². The monoisotopic (exact) mass is 243 g/mol. The fourth-order valence-electron chi connectivity index (χ4n) is 2.05. The van der Waals surface area contributed by atoms with Crippen molar-refractivity contribution in [3.63, 3.8) is 0 Å². The Morgan fingerprint density at radius 2 is 2.00 bits per heavy atom. The highest BCUT2D eigenvalue weighted by Gasteiger charge is 2.15. The van der Waals surface area contributed by atoms with E-state index in [1.807, 2.05) is 0 Å². The summed E-state index contributed by atoms with van der Waals surface area (Å²) in [5, 5.41) is 7.27. The van der Waals surface area contributed by atoms with Gasteiger partial charge in [-0.25, -0.2) is 0 Å². The van der Waals surface area contributed by atoms with Gasteiger partial charge in [0.25, 0.3) is 0 Å². The summed E-state index contributed by atoms with van der Waals surface area (Å²) in [5.41, 5.74) is 0. The highest BCUT2D eigenvalue weighted by molar-refractivity contribution is 7.80. The summed E-state index contributed by atoms with van der Waals surface area (Å²) in [7, 11) is 2.20. The molecule has 0 spiro atoms. The largest absolute Gasteiger partial charge is 0.363 e. The molecule has 0 saturated carbocycles. The molecule has 2 N–H and O–H groups in total. The smallest absolute Gasteiger partial charge is 0.166 e. The van der Waals surface area contributed by atoms with Gasteiger partial charge in [-0.15, -0.1) is 0 Å². The van der Waals surface area contributed by atoms with E-state index in [9.17, 15) is 0 Å². The molecule has 16 heavy (non-hydrogen) atoms. The van der Waals surface area contributed by atoms with E-state index in [0.717, 1.165) is 17.6 Å². The van der Waals surface area contributed by atoms with Gasteiger partial charge in [-0.3, -0.25) is 0 Å². The first-order valence-corrected chi connectivity index (χ1v) is 6.71. The van der Waals surface area contributed by atoms with E-state index in [2.05, 4.69) is 36.4 Å². The van der Waals surface area contributed by atoms with Crippen molar-refractivity contribution in [2.45, 2.75) is 39.2 Å². The molecule has 0 radical (unpaired) electrons. The maximum atomic E-state index is 5.19. The third-order valence-corrected chi connectivity index (χ3v) is 3.36. The van der Waals surface area contributed by atoms with E-state index in [0.29, 0.717) is 6.04 Å². The van der Waals surface area contributed by atoms with E-state index in [1.54, 1.807) is 0 Å². The van der Waals surface area contributed by atoms with Crippen LogP contribution in [0, 0.1) is 5.92 Å². The lowest BCUT2D eigenvalue weighted by Crippen LogP contribution is -2.40. The van der Waals surface area contributed by atoms with Crippen molar-refractivity contribution in [3.05, 3.63) is 0 Å². The highest BCUT2D eigenvalue weighted by atomic mass is 32.1. The number of nitrogens with one attached hydrogen (secondary N) is 2. The minimum Gasteiger partial charge on any atom is -0.363 e. The minimum absolute atomic E-state index is 0.420. The molecule has 0 aliphatic carbocycles. The molecule has 1 fully saturated rings. The first-order valence-electron chi connectivity index (χ1n) is 6.31. The Hall–Kier alpha value is -0.350. The van der Waals surface area contributed by atoms with Gasteiger partial charge in [0, 0.05) is 12.6 Å². The van der Waals surface area contributed by atoms with E-state index < -0.39 is 0 Å². The summed E-state index contributed by atoms with van der Waals surface area (Å²) in [5.74, 6) is 0.880. The quantitative estimate of drug-likeness (QED) is 0.733. The molecule has 0 atom stereocenters. The fraction of sp³-hybridized carbons (Fsp3) is 0.917. The third kappa shape index (κ3) is 5.66. The van der Waals surface area contributed by atoms with E-state index in [1.165, 1.54) is 32.4 Å². The summed E-state index contributed by atoms with van der Waals surface area (Å²) in [6.07, 6.45) is 3.92. The van der Waals surface area contributed by atoms with E-state index in [4.69, 9.17) is 12.2 Å². The Bertz CT molecular complexity index is 210. The van der Waals surface area contributed by atoms with Gasteiger partial charge in [0.1, 0.15) is 0 Å². The number of hydrogen-bond donors (Lipinski definition) is 2. The lowest BCUT2D eigenvalue weighted by atomic mass is 9.94. The summed E-state index contributed by atoms with van der Waals surface area (Å²) in [6.45, 7) is 7.71. The maximum Gasteiger partial charge on any atom is 0.166 e. The van der Waals surface area contributed by atoms with Crippen molar-refractivity contribution < 1.29 is 0 Å². The van der Waals surface area contributed by atoms with Crippen LogP contribution in [0.5, 0.6) is 0 Å². The fourth-order valence-corrected chi connectivity index (χ4v) is 2.39. The molecule has 0 aromatic heterocycles. The first-order chi connectivity index (χ1) is 7.58. The van der Waals surface area contributed by atoms with Gasteiger partial charge >= 0.3 is 0 Å². The van der Waals surface area contributed by atoms with Gasteiger partial charge in [0.2, 0.25) is 0 Å². The zero-order chi connectivity index (χ0) is 12.0. The van der Waals surface area contributed by atoms with Crippen LogP contribution in [0.4, 0.5) is 0 Å². The normalized spacial score (nSPS) is 18.8. The topological polar surface area (TPSA) is 27.3 Å². The number of rotatable bonds is 4. The van der Waals surface area contributed by atoms with E-state index >= 15 is 0 Å². The zero-order valence-corrected chi connectivity index (χ0v) is 11.6. The number of thiocarbonyl (C=S) groups is 1. The number of hydrogen-bond acceptors (Lipinski definition) is 2. The average molecular weight is 243 g/mol. The molecule has 0 aromatic rings. The van der Waals surface area contributed by atoms with Crippen LogP contribution in [-0.2, 0) is 0 Å². The summed E-state index contributed by atoms with van der Waals surface area (Å²) >= 11 is 5.19. The molecule has 1 rings (SSSR count). The predicted octanol–water partition coefficient (Wildman–Crippen LogP) is 1.59. The lowest BCUT2D eigenvalue weighted by molar-refractivity contribution is 0.213. The highest BCUT2D eigenvalue weighted by Crippen LogP contribution is 2.18. The predicted molar refractivity (Wildman–Crippen MR) is 73.7 cm³/mol. The number of likely N-dealkylation sites (tertiary alicyclic amines) is 1. The van der Waals surface area contributed by atoms with Gasteiger partial charge in [0.15, 0.2) is 5.11 Å². The Morgan fingerprint density at radius 3 is 2.56 bits per heavy atom. The molecule has 0 aromatic carbocycles. The Morgan fingerprint density at radius 1 is 1.38 bits per heavy atom. The van der Waals surface area contributed by atoms with Crippen LogP contribution in [0.25, 0.3) is 0 Å². The number of nitrogens with zero attached hydrogens (tertiary/aromatic N) is 1. The molecule has 1 aliphatic heterocycles. The van der Waals surface area contributed by atoms with Gasteiger partial charge in [0.05, 0.1) is 0 Å². The molecule has 0 amide bonds. The van der Waals surface area contributed by atoms with Crippen LogP contribution >= 0.6 is 12.2 Å². The average Bonchev–Trinajstić information content (AvgIpc) is 2.20. The second-order valence-corrected chi connectivity index (χ2v) is 5.50. The SMILES string of the molecule is CC(C)NC(=S)NCCC1CCN(C)CC1. The lowest BCUT2D eigenvalue weighted by Gasteiger charge is -2.29. The third-order valence-electron chi connectivity index (χ3n) is 3.10. The van der Waals surface area contributed by atoms with Crippen molar-refractivity contribution in [1.82, 2.24) is 15.5 Å². The first kappa shape index (κ1) is 13.7. The molecule has 0 bridgehead atoms. The molecule has 4 heteroatoms. The molecule has 3 nitrogen and oxygen atoms in total. The van der Waals surface area contributed by atoms with Gasteiger partial charge in [-0.2, -0.15) is 0 Å². The van der Waals surface area contributed by atoms with Crippen molar-refractivity contribution in [2.75, 3.05) is 26.7 Å². The zero-order valence-electron chi connectivity index (χ0n) is 10.8. The summed E-state index contributed by atoms with van der Waals surface area (Å²) in [4.78, 5) is 2.41. The van der Waals surface area contributed by atoms with Crippen molar-refractivity contribution >= 4 is 17.3 Å². The second-order valence-electron chi connectivity index (χ2n) is 5.09. The minimum atomic E-state index is 0.420. The molecule has 1 aliphatic rings. The maximum absolute atomic E-state index is 5.19. The Labute approximate surface area is 105 Å². The Balaban J connectivity index is 2.04. The van der Waals surface area contributed by atoms with Crippen LogP contribution in [0.3, 0.4) is 0 Å². The van der Waals surface area contributed by atoms with Crippen LogP contribution in [0.15, 0.2) is 0 Å². The van der Waals surface area contributed by atoms with Gasteiger partial charge in [-0.1, -0.05) is 0 Å². The second kappa shape index (κ2) is 7.07. The van der Waals surface area contributed by atoms with Crippen molar-refractivity contribution in [2.24, 2.45) is 5.92 Å².